The molecule has 0 spiro atoms. The molecule has 1 aromatic heterocycles. The summed E-state index contributed by atoms with van der Waals surface area (Å²) in [6, 6.07) is 6.16. The molecule has 7 heteroatoms. The van der Waals surface area contributed by atoms with Crippen molar-refractivity contribution in [1.29, 1.82) is 0 Å². The molecule has 0 amide bonds. The van der Waals surface area contributed by atoms with E-state index in [2.05, 4.69) is 15.5 Å². The van der Waals surface area contributed by atoms with Gasteiger partial charge in [0.05, 0.1) is 17.2 Å². The molecule has 1 aromatic carbocycles. The molecule has 0 atom stereocenters. The van der Waals surface area contributed by atoms with E-state index in [0.717, 1.165) is 5.69 Å². The van der Waals surface area contributed by atoms with E-state index in [1.165, 1.54) is 18.2 Å². The van der Waals surface area contributed by atoms with Crippen LogP contribution in [0, 0.1) is 10.1 Å². The first kappa shape index (κ1) is 11.4. The van der Waals surface area contributed by atoms with Crippen LogP contribution in [-0.4, -0.2) is 15.1 Å². The Morgan fingerprint density at radius 3 is 2.94 bits per heavy atom. The number of H-pyrrole nitrogens is 1. The van der Waals surface area contributed by atoms with Gasteiger partial charge < -0.3 is 5.32 Å². The summed E-state index contributed by atoms with van der Waals surface area (Å²) < 4.78 is 0. The van der Waals surface area contributed by atoms with Crippen LogP contribution in [0.15, 0.2) is 30.5 Å². The molecule has 0 aliphatic rings. The summed E-state index contributed by atoms with van der Waals surface area (Å²) >= 11 is 5.80. The van der Waals surface area contributed by atoms with Crippen LogP contribution in [-0.2, 0) is 6.54 Å². The van der Waals surface area contributed by atoms with Crippen LogP contribution in [0.25, 0.3) is 0 Å². The van der Waals surface area contributed by atoms with Crippen molar-refractivity contribution >= 4 is 23.0 Å². The predicted molar refractivity (Wildman–Crippen MR) is 64.0 cm³/mol. The van der Waals surface area contributed by atoms with E-state index in [4.69, 9.17) is 11.6 Å². The number of hydrogen-bond acceptors (Lipinski definition) is 4. The maximum absolute atomic E-state index is 10.8. The van der Waals surface area contributed by atoms with Crippen LogP contribution < -0.4 is 5.32 Å². The Morgan fingerprint density at radius 1 is 1.47 bits per heavy atom. The lowest BCUT2D eigenvalue weighted by Crippen LogP contribution is -2.03. The van der Waals surface area contributed by atoms with Crippen LogP contribution in [0.3, 0.4) is 0 Å². The van der Waals surface area contributed by atoms with Crippen molar-refractivity contribution in [3.05, 3.63) is 51.3 Å². The number of aromatic nitrogens is 2. The van der Waals surface area contributed by atoms with Crippen molar-refractivity contribution in [3.8, 4) is 0 Å². The Balaban J connectivity index is 2.19. The lowest BCUT2D eigenvalue weighted by atomic mass is 10.2. The molecule has 0 aliphatic heterocycles. The molecule has 1 heterocycles. The molecule has 17 heavy (non-hydrogen) atoms. The van der Waals surface area contributed by atoms with E-state index in [0.29, 0.717) is 17.3 Å². The molecule has 2 aromatic rings. The number of halogens is 1. The molecular formula is C10H9ClN4O2. The molecule has 0 aliphatic carbocycles. The van der Waals surface area contributed by atoms with Gasteiger partial charge in [0.1, 0.15) is 5.69 Å². The zero-order valence-corrected chi connectivity index (χ0v) is 9.44. The molecule has 0 bridgehead atoms. The molecule has 0 fully saturated rings. The van der Waals surface area contributed by atoms with E-state index < -0.39 is 4.92 Å². The summed E-state index contributed by atoms with van der Waals surface area (Å²) in [5.41, 5.74) is 1.21. The Kier molecular flexibility index (Phi) is 3.24. The van der Waals surface area contributed by atoms with E-state index in [1.807, 2.05) is 0 Å². The van der Waals surface area contributed by atoms with Gasteiger partial charge >= 0.3 is 0 Å². The second-order valence-corrected chi connectivity index (χ2v) is 3.79. The molecular weight excluding hydrogens is 244 g/mol. The fraction of sp³-hybridized carbons (Fsp3) is 0.100. The molecule has 2 rings (SSSR count). The minimum atomic E-state index is -0.453. The van der Waals surface area contributed by atoms with Crippen LogP contribution in [0.4, 0.5) is 11.4 Å². The maximum atomic E-state index is 10.8. The highest BCUT2D eigenvalue weighted by Gasteiger charge is 2.13. The van der Waals surface area contributed by atoms with Crippen molar-refractivity contribution in [2.24, 2.45) is 0 Å². The highest BCUT2D eigenvalue weighted by atomic mass is 35.5. The number of rotatable bonds is 4. The van der Waals surface area contributed by atoms with Crippen molar-refractivity contribution in [3.63, 3.8) is 0 Å². The van der Waals surface area contributed by atoms with Gasteiger partial charge in [-0.3, -0.25) is 15.2 Å². The van der Waals surface area contributed by atoms with E-state index in [1.54, 1.807) is 12.3 Å². The van der Waals surface area contributed by atoms with E-state index in [-0.39, 0.29) is 5.69 Å². The van der Waals surface area contributed by atoms with Gasteiger partial charge in [0.15, 0.2) is 0 Å². The van der Waals surface area contributed by atoms with E-state index >= 15 is 0 Å². The lowest BCUT2D eigenvalue weighted by molar-refractivity contribution is -0.384. The topological polar surface area (TPSA) is 83.8 Å². The van der Waals surface area contributed by atoms with Crippen molar-refractivity contribution in [2.45, 2.75) is 6.54 Å². The fourth-order valence-corrected chi connectivity index (χ4v) is 1.55. The number of nitrogens with one attached hydrogen (secondary N) is 2. The third-order valence-electron chi connectivity index (χ3n) is 2.18. The van der Waals surface area contributed by atoms with Gasteiger partial charge in [-0.05, 0) is 18.2 Å². The first-order valence-electron chi connectivity index (χ1n) is 4.83. The van der Waals surface area contributed by atoms with Crippen molar-refractivity contribution in [2.75, 3.05) is 5.32 Å². The number of hydrogen-bond donors (Lipinski definition) is 2. The molecule has 0 radical (unpaired) electrons. The highest BCUT2D eigenvalue weighted by Crippen LogP contribution is 2.27. The SMILES string of the molecule is O=[N+]([O-])c1ccc(Cl)cc1NCc1ccn[nH]1. The Hall–Kier alpha value is -2.08. The standard InChI is InChI=1S/C10H9ClN4O2/c11-7-1-2-10(15(16)17)9(5-7)12-6-8-3-4-13-14-8/h1-5,12H,6H2,(H,13,14). The first-order chi connectivity index (χ1) is 8.16. The van der Waals surface area contributed by atoms with Gasteiger partial charge in [-0.1, -0.05) is 11.6 Å². The number of nitrogens with zero attached hydrogens (tertiary/aromatic N) is 2. The largest absolute Gasteiger partial charge is 0.374 e. The van der Waals surface area contributed by atoms with Gasteiger partial charge in [0.25, 0.3) is 5.69 Å². The average Bonchev–Trinajstić information content (AvgIpc) is 2.78. The maximum Gasteiger partial charge on any atom is 0.292 e. The second kappa shape index (κ2) is 4.84. The minimum absolute atomic E-state index is 0.00563. The summed E-state index contributed by atoms with van der Waals surface area (Å²) in [7, 11) is 0. The summed E-state index contributed by atoms with van der Waals surface area (Å²) in [4.78, 5) is 10.3. The van der Waals surface area contributed by atoms with Crippen molar-refractivity contribution in [1.82, 2.24) is 10.2 Å². The third-order valence-corrected chi connectivity index (χ3v) is 2.42. The van der Waals surface area contributed by atoms with Crippen LogP contribution >= 0.6 is 11.6 Å². The van der Waals surface area contributed by atoms with Gasteiger partial charge in [-0.25, -0.2) is 0 Å². The summed E-state index contributed by atoms with van der Waals surface area (Å²) in [5.74, 6) is 0. The van der Waals surface area contributed by atoms with Crippen LogP contribution in [0.5, 0.6) is 0 Å². The predicted octanol–water partition coefficient (Wildman–Crippen LogP) is 2.58. The molecule has 88 valence electrons. The van der Waals surface area contributed by atoms with Crippen LogP contribution in [0.1, 0.15) is 5.69 Å². The highest BCUT2D eigenvalue weighted by molar-refractivity contribution is 6.31. The Bertz CT molecular complexity index is 527. The minimum Gasteiger partial charge on any atom is -0.374 e. The quantitative estimate of drug-likeness (QED) is 0.647. The molecule has 0 saturated carbocycles. The monoisotopic (exact) mass is 252 g/mol. The molecule has 6 nitrogen and oxygen atoms in total. The number of anilines is 1. The second-order valence-electron chi connectivity index (χ2n) is 3.35. The normalized spacial score (nSPS) is 10.2. The smallest absolute Gasteiger partial charge is 0.292 e. The first-order valence-corrected chi connectivity index (χ1v) is 5.20. The Labute approximate surface area is 102 Å². The molecule has 2 N–H and O–H groups in total. The Morgan fingerprint density at radius 2 is 2.29 bits per heavy atom. The fourth-order valence-electron chi connectivity index (χ4n) is 1.38. The summed E-state index contributed by atoms with van der Waals surface area (Å²) in [5, 5.41) is 20.7. The number of nitro groups is 1. The van der Waals surface area contributed by atoms with Crippen LogP contribution in [0.2, 0.25) is 5.02 Å². The summed E-state index contributed by atoms with van der Waals surface area (Å²) in [6.45, 7) is 0.418. The molecule has 0 saturated heterocycles. The molecule has 0 unspecified atom stereocenters. The summed E-state index contributed by atoms with van der Waals surface area (Å²) in [6.07, 6.45) is 1.61. The van der Waals surface area contributed by atoms with Gasteiger partial charge in [-0.2, -0.15) is 5.10 Å². The average molecular weight is 253 g/mol. The van der Waals surface area contributed by atoms with Gasteiger partial charge in [-0.15, -0.1) is 0 Å². The zero-order valence-electron chi connectivity index (χ0n) is 8.68. The van der Waals surface area contributed by atoms with Crippen molar-refractivity contribution < 1.29 is 4.92 Å². The van der Waals surface area contributed by atoms with Gasteiger partial charge in [0.2, 0.25) is 0 Å². The third kappa shape index (κ3) is 2.73. The number of aromatic amines is 1. The number of benzene rings is 1. The van der Waals surface area contributed by atoms with E-state index in [9.17, 15) is 10.1 Å². The lowest BCUT2D eigenvalue weighted by Gasteiger charge is -2.05. The van der Waals surface area contributed by atoms with Gasteiger partial charge in [0, 0.05) is 17.3 Å². The zero-order chi connectivity index (χ0) is 12.3. The number of nitro benzene ring substituents is 1.